The third kappa shape index (κ3) is 5.60. The van der Waals surface area contributed by atoms with E-state index in [9.17, 15) is 13.2 Å². The maximum Gasteiger partial charge on any atom is 0.305 e. The molecule has 0 saturated heterocycles. The molecule has 0 saturated carbocycles. The molecule has 0 atom stereocenters. The maximum absolute atomic E-state index is 11.2. The van der Waals surface area contributed by atoms with Crippen LogP contribution in [-0.4, -0.2) is 44.6 Å². The second-order valence-corrected chi connectivity index (χ2v) is 6.58. The fourth-order valence-corrected chi connectivity index (χ4v) is 2.19. The number of anilines is 2. The van der Waals surface area contributed by atoms with E-state index in [0.717, 1.165) is 6.26 Å². The van der Waals surface area contributed by atoms with Gasteiger partial charge in [0.1, 0.15) is 9.84 Å². The van der Waals surface area contributed by atoms with Crippen LogP contribution >= 0.6 is 0 Å². The van der Waals surface area contributed by atoms with E-state index in [1.54, 1.807) is 29.2 Å². The van der Waals surface area contributed by atoms with E-state index in [1.165, 1.54) is 0 Å². The molecule has 0 aromatic heterocycles. The summed E-state index contributed by atoms with van der Waals surface area (Å²) in [6.45, 7) is 0.444. The molecule has 0 bridgehead atoms. The molecule has 7 heteroatoms. The van der Waals surface area contributed by atoms with Crippen LogP contribution in [0.1, 0.15) is 6.42 Å². The summed E-state index contributed by atoms with van der Waals surface area (Å²) >= 11 is 0. The van der Waals surface area contributed by atoms with Crippen LogP contribution in [0.25, 0.3) is 0 Å². The number of hydrogen-bond acceptors (Lipinski definition) is 5. The highest BCUT2D eigenvalue weighted by atomic mass is 32.2. The second kappa shape index (κ2) is 6.42. The van der Waals surface area contributed by atoms with Gasteiger partial charge in [0.05, 0.1) is 23.5 Å². The van der Waals surface area contributed by atoms with Gasteiger partial charge in [-0.3, -0.25) is 4.79 Å². The van der Waals surface area contributed by atoms with Gasteiger partial charge in [-0.25, -0.2) is 8.42 Å². The van der Waals surface area contributed by atoms with E-state index >= 15 is 0 Å². The van der Waals surface area contributed by atoms with Gasteiger partial charge in [-0.05, 0) is 12.1 Å². The Labute approximate surface area is 112 Å². The summed E-state index contributed by atoms with van der Waals surface area (Å²) in [6.07, 6.45) is 1.08. The molecule has 1 rings (SSSR count). The van der Waals surface area contributed by atoms with Crippen LogP contribution < -0.4 is 10.6 Å². The average molecular weight is 286 g/mol. The largest absolute Gasteiger partial charge is 0.481 e. The van der Waals surface area contributed by atoms with Gasteiger partial charge in [-0.1, -0.05) is 12.1 Å². The van der Waals surface area contributed by atoms with Crippen LogP contribution in [0.4, 0.5) is 11.4 Å². The van der Waals surface area contributed by atoms with Crippen molar-refractivity contribution in [3.05, 3.63) is 24.3 Å². The molecule has 19 heavy (non-hydrogen) atoms. The van der Waals surface area contributed by atoms with Crippen LogP contribution in [0, 0.1) is 0 Å². The smallest absolute Gasteiger partial charge is 0.305 e. The zero-order chi connectivity index (χ0) is 14.5. The molecule has 0 heterocycles. The predicted molar refractivity (Wildman–Crippen MR) is 75.0 cm³/mol. The molecule has 0 aliphatic rings. The van der Waals surface area contributed by atoms with E-state index in [4.69, 9.17) is 10.8 Å². The summed E-state index contributed by atoms with van der Waals surface area (Å²) in [5.74, 6) is -0.972. The summed E-state index contributed by atoms with van der Waals surface area (Å²) in [7, 11) is -3.11. The molecule has 0 radical (unpaired) electrons. The Hall–Kier alpha value is -1.76. The van der Waals surface area contributed by atoms with Gasteiger partial charge in [0.25, 0.3) is 0 Å². The normalized spacial score (nSPS) is 11.2. The number of aliphatic carboxylic acids is 1. The first-order valence-corrected chi connectivity index (χ1v) is 7.84. The van der Waals surface area contributed by atoms with Gasteiger partial charge in [-0.15, -0.1) is 0 Å². The summed E-state index contributed by atoms with van der Waals surface area (Å²) in [4.78, 5) is 12.3. The number of rotatable bonds is 7. The molecule has 0 aliphatic carbocycles. The Bertz CT molecular complexity index is 542. The molecular formula is C12H18N2O4S. The Balaban J connectivity index is 2.85. The number of nitrogens with two attached hydrogens (primary N) is 1. The van der Waals surface area contributed by atoms with Crippen molar-refractivity contribution in [1.82, 2.24) is 0 Å². The third-order valence-electron chi connectivity index (χ3n) is 2.61. The number of sulfone groups is 1. The van der Waals surface area contributed by atoms with Gasteiger partial charge in [-0.2, -0.15) is 0 Å². The van der Waals surface area contributed by atoms with Crippen molar-refractivity contribution in [2.45, 2.75) is 6.42 Å². The first-order valence-electron chi connectivity index (χ1n) is 5.78. The van der Waals surface area contributed by atoms with Gasteiger partial charge >= 0.3 is 5.97 Å². The lowest BCUT2D eigenvalue weighted by atomic mass is 10.2. The van der Waals surface area contributed by atoms with Crippen molar-refractivity contribution in [2.75, 3.05) is 35.7 Å². The standard InChI is InChI=1S/C12H18N2O4S/c1-19(17,18)9-8-14(7-6-12(15)16)11-5-3-2-4-10(11)13/h2-5H,6-9,13H2,1H3,(H,15,16). The molecule has 6 nitrogen and oxygen atoms in total. The van der Waals surface area contributed by atoms with Crippen molar-refractivity contribution in [1.29, 1.82) is 0 Å². The zero-order valence-electron chi connectivity index (χ0n) is 10.7. The van der Waals surface area contributed by atoms with E-state index in [-0.39, 0.29) is 25.3 Å². The number of benzene rings is 1. The topological polar surface area (TPSA) is 101 Å². The lowest BCUT2D eigenvalue weighted by Crippen LogP contribution is -2.31. The van der Waals surface area contributed by atoms with Crippen LogP contribution in [0.3, 0.4) is 0 Å². The lowest BCUT2D eigenvalue weighted by molar-refractivity contribution is -0.136. The second-order valence-electron chi connectivity index (χ2n) is 4.32. The van der Waals surface area contributed by atoms with Gasteiger partial charge in [0, 0.05) is 19.3 Å². The highest BCUT2D eigenvalue weighted by molar-refractivity contribution is 7.90. The summed E-state index contributed by atoms with van der Waals surface area (Å²) in [6, 6.07) is 6.99. The number of carboxylic acid groups (broad SMARTS) is 1. The maximum atomic E-state index is 11.2. The van der Waals surface area contributed by atoms with Crippen molar-refractivity contribution in [3.8, 4) is 0 Å². The molecule has 106 valence electrons. The molecule has 0 fully saturated rings. The summed E-state index contributed by atoms with van der Waals surface area (Å²) in [5, 5.41) is 8.73. The molecule has 1 aromatic carbocycles. The van der Waals surface area contributed by atoms with Gasteiger partial charge < -0.3 is 15.7 Å². The minimum Gasteiger partial charge on any atom is -0.481 e. The van der Waals surface area contributed by atoms with Crippen molar-refractivity contribution >= 4 is 27.2 Å². The zero-order valence-corrected chi connectivity index (χ0v) is 11.6. The highest BCUT2D eigenvalue weighted by Gasteiger charge is 2.13. The minimum absolute atomic E-state index is 0.0407. The van der Waals surface area contributed by atoms with Gasteiger partial charge in [0.15, 0.2) is 0 Å². The van der Waals surface area contributed by atoms with E-state index in [1.807, 2.05) is 0 Å². The number of para-hydroxylation sites is 2. The monoisotopic (exact) mass is 286 g/mol. The minimum atomic E-state index is -3.11. The lowest BCUT2D eigenvalue weighted by Gasteiger charge is -2.25. The number of nitrogen functional groups attached to an aromatic ring is 1. The Morgan fingerprint density at radius 3 is 2.47 bits per heavy atom. The van der Waals surface area contributed by atoms with Crippen molar-refractivity contribution in [2.24, 2.45) is 0 Å². The molecule has 1 aromatic rings. The van der Waals surface area contributed by atoms with Crippen LogP contribution in [-0.2, 0) is 14.6 Å². The number of carbonyl (C=O) groups is 1. The number of hydrogen-bond donors (Lipinski definition) is 2. The molecule has 0 amide bonds. The SMILES string of the molecule is CS(=O)(=O)CCN(CCC(=O)O)c1ccccc1N. The Morgan fingerprint density at radius 2 is 1.95 bits per heavy atom. The average Bonchev–Trinajstić information content (AvgIpc) is 2.29. The van der Waals surface area contributed by atoms with Crippen molar-refractivity contribution < 1.29 is 18.3 Å². The molecule has 0 aliphatic heterocycles. The van der Waals surface area contributed by atoms with Crippen LogP contribution in [0.2, 0.25) is 0 Å². The highest BCUT2D eigenvalue weighted by Crippen LogP contribution is 2.22. The van der Waals surface area contributed by atoms with E-state index in [2.05, 4.69) is 0 Å². The third-order valence-corrected chi connectivity index (χ3v) is 3.53. The predicted octanol–water partition coefficient (Wildman–Crippen LogP) is 0.595. The van der Waals surface area contributed by atoms with Crippen molar-refractivity contribution in [3.63, 3.8) is 0 Å². The molecule has 0 spiro atoms. The van der Waals surface area contributed by atoms with Gasteiger partial charge in [0.2, 0.25) is 0 Å². The van der Waals surface area contributed by atoms with E-state index < -0.39 is 15.8 Å². The van der Waals surface area contributed by atoms with E-state index in [0.29, 0.717) is 11.4 Å². The molecular weight excluding hydrogens is 268 g/mol. The Morgan fingerprint density at radius 1 is 1.32 bits per heavy atom. The van der Waals surface area contributed by atoms with Crippen LogP contribution in [0.15, 0.2) is 24.3 Å². The molecule has 0 unspecified atom stereocenters. The first-order chi connectivity index (χ1) is 8.79. The van der Waals surface area contributed by atoms with Crippen LogP contribution in [0.5, 0.6) is 0 Å². The Kier molecular flexibility index (Phi) is 5.17. The summed E-state index contributed by atoms with van der Waals surface area (Å²) < 4.78 is 22.4. The summed E-state index contributed by atoms with van der Waals surface area (Å²) in [5.41, 5.74) is 6.99. The quantitative estimate of drug-likeness (QED) is 0.712. The fourth-order valence-electron chi connectivity index (χ4n) is 1.63. The fraction of sp³-hybridized carbons (Fsp3) is 0.417. The first kappa shape index (κ1) is 15.3. The number of carboxylic acids is 1. The molecule has 3 N–H and O–H groups in total. The number of nitrogens with zero attached hydrogens (tertiary/aromatic N) is 1.